The van der Waals surface area contributed by atoms with Crippen LogP contribution in [0.4, 0.5) is 4.39 Å². The predicted octanol–water partition coefficient (Wildman–Crippen LogP) is 5.20. The van der Waals surface area contributed by atoms with E-state index in [-0.39, 0.29) is 5.75 Å². The van der Waals surface area contributed by atoms with Crippen LogP contribution < -0.4 is 9.47 Å². The van der Waals surface area contributed by atoms with Gasteiger partial charge in [-0.1, -0.05) is 6.07 Å². The molecule has 0 heterocycles. The van der Waals surface area contributed by atoms with Gasteiger partial charge in [0.25, 0.3) is 0 Å². The number of methoxy groups -OCH3 is 1. The molecule has 3 nitrogen and oxygen atoms in total. The van der Waals surface area contributed by atoms with Crippen LogP contribution in [0.3, 0.4) is 0 Å². The van der Waals surface area contributed by atoms with Gasteiger partial charge in [0.2, 0.25) is 0 Å². The first-order valence-corrected chi connectivity index (χ1v) is 7.69. The third-order valence-electron chi connectivity index (χ3n) is 2.86. The van der Waals surface area contributed by atoms with Crippen LogP contribution in [-0.4, -0.2) is 12.2 Å². The molecule has 0 fully saturated rings. The van der Waals surface area contributed by atoms with Crippen molar-refractivity contribution in [3.05, 3.63) is 50.7 Å². The van der Waals surface area contributed by atoms with Gasteiger partial charge in [-0.25, -0.2) is 4.39 Å². The van der Waals surface area contributed by atoms with E-state index >= 15 is 0 Å². The summed E-state index contributed by atoms with van der Waals surface area (Å²) in [6.45, 7) is 1.58. The zero-order valence-electron chi connectivity index (χ0n) is 11.4. The lowest BCUT2D eigenvalue weighted by molar-refractivity contribution is 0.198. The SMILES string of the molecule is COc1cc(Br)c(Oc2ccc([C@H](C)O)cc2F)cc1Br. The van der Waals surface area contributed by atoms with Crippen LogP contribution in [0, 0.1) is 5.82 Å². The molecule has 0 aliphatic heterocycles. The molecule has 0 saturated heterocycles. The van der Waals surface area contributed by atoms with Gasteiger partial charge in [0.05, 0.1) is 22.2 Å². The largest absolute Gasteiger partial charge is 0.496 e. The molecule has 0 bridgehead atoms. The van der Waals surface area contributed by atoms with E-state index in [0.717, 1.165) is 0 Å². The lowest BCUT2D eigenvalue weighted by Gasteiger charge is -2.12. The Morgan fingerprint density at radius 1 is 1.05 bits per heavy atom. The van der Waals surface area contributed by atoms with Crippen molar-refractivity contribution in [1.29, 1.82) is 0 Å². The molecule has 0 saturated carbocycles. The Morgan fingerprint density at radius 3 is 2.24 bits per heavy atom. The molecular weight excluding hydrogens is 407 g/mol. The molecule has 2 rings (SSSR count). The normalized spacial score (nSPS) is 12.1. The number of hydrogen-bond donors (Lipinski definition) is 1. The number of ether oxygens (including phenoxy) is 2. The first-order chi connectivity index (χ1) is 9.92. The summed E-state index contributed by atoms with van der Waals surface area (Å²) in [6.07, 6.45) is -0.726. The Hall–Kier alpha value is -1.11. The summed E-state index contributed by atoms with van der Waals surface area (Å²) >= 11 is 6.70. The van der Waals surface area contributed by atoms with E-state index in [1.807, 2.05) is 0 Å². The highest BCUT2D eigenvalue weighted by molar-refractivity contribution is 9.11. The Balaban J connectivity index is 2.32. The lowest BCUT2D eigenvalue weighted by atomic mass is 10.1. The topological polar surface area (TPSA) is 38.7 Å². The molecule has 0 aliphatic rings. The Morgan fingerprint density at radius 2 is 1.67 bits per heavy atom. The molecule has 0 unspecified atom stereocenters. The molecule has 21 heavy (non-hydrogen) atoms. The molecule has 0 spiro atoms. The standard InChI is InChI=1S/C15H13Br2FO3/c1-8(19)9-3-4-13(12(18)5-9)21-15-7-10(16)14(20-2)6-11(15)17/h3-8,19H,1-2H3/t8-/m0/s1. The third kappa shape index (κ3) is 3.75. The van der Waals surface area contributed by atoms with Gasteiger partial charge in [0, 0.05) is 0 Å². The number of halogens is 3. The third-order valence-corrected chi connectivity index (χ3v) is 4.10. The molecule has 2 aromatic rings. The fraction of sp³-hybridized carbons (Fsp3) is 0.200. The van der Waals surface area contributed by atoms with Crippen LogP contribution >= 0.6 is 31.9 Å². The minimum absolute atomic E-state index is 0.0807. The van der Waals surface area contributed by atoms with E-state index in [9.17, 15) is 9.50 Å². The number of rotatable bonds is 4. The van der Waals surface area contributed by atoms with E-state index < -0.39 is 11.9 Å². The maximum Gasteiger partial charge on any atom is 0.166 e. The van der Waals surface area contributed by atoms with E-state index in [1.165, 1.54) is 12.1 Å². The smallest absolute Gasteiger partial charge is 0.166 e. The molecule has 6 heteroatoms. The highest BCUT2D eigenvalue weighted by Gasteiger charge is 2.13. The second-order valence-electron chi connectivity index (χ2n) is 4.39. The summed E-state index contributed by atoms with van der Waals surface area (Å²) in [5.41, 5.74) is 0.495. The fourth-order valence-electron chi connectivity index (χ4n) is 1.72. The van der Waals surface area contributed by atoms with Gasteiger partial charge < -0.3 is 14.6 Å². The zero-order valence-corrected chi connectivity index (χ0v) is 14.5. The van der Waals surface area contributed by atoms with Crippen LogP contribution in [0.25, 0.3) is 0 Å². The minimum Gasteiger partial charge on any atom is -0.496 e. The summed E-state index contributed by atoms with van der Waals surface area (Å²) in [7, 11) is 1.56. The Bertz CT molecular complexity index is 660. The lowest BCUT2D eigenvalue weighted by Crippen LogP contribution is -1.95. The first kappa shape index (κ1) is 16.3. The van der Waals surface area contributed by atoms with Crippen LogP contribution in [0.5, 0.6) is 17.2 Å². The van der Waals surface area contributed by atoms with Gasteiger partial charge in [-0.2, -0.15) is 0 Å². The van der Waals surface area contributed by atoms with Crippen molar-refractivity contribution >= 4 is 31.9 Å². The molecule has 1 atom stereocenters. The molecule has 0 amide bonds. The van der Waals surface area contributed by atoms with Gasteiger partial charge in [-0.15, -0.1) is 0 Å². The fourth-order valence-corrected chi connectivity index (χ4v) is 2.61. The minimum atomic E-state index is -0.726. The van der Waals surface area contributed by atoms with E-state index in [0.29, 0.717) is 26.0 Å². The predicted molar refractivity (Wildman–Crippen MR) is 85.5 cm³/mol. The molecule has 0 aliphatic carbocycles. The second-order valence-corrected chi connectivity index (χ2v) is 6.09. The van der Waals surface area contributed by atoms with E-state index in [1.54, 1.807) is 32.2 Å². The summed E-state index contributed by atoms with van der Waals surface area (Å²) in [6, 6.07) is 7.77. The second kappa shape index (κ2) is 6.77. The number of aliphatic hydroxyl groups excluding tert-OH is 1. The highest BCUT2D eigenvalue weighted by Crippen LogP contribution is 2.38. The van der Waals surface area contributed by atoms with Crippen LogP contribution in [0.15, 0.2) is 39.3 Å². The number of hydrogen-bond acceptors (Lipinski definition) is 3. The maximum absolute atomic E-state index is 14.0. The van der Waals surface area contributed by atoms with Gasteiger partial charge >= 0.3 is 0 Å². The van der Waals surface area contributed by atoms with Crippen molar-refractivity contribution in [3.8, 4) is 17.2 Å². The summed E-state index contributed by atoms with van der Waals surface area (Å²) in [4.78, 5) is 0. The summed E-state index contributed by atoms with van der Waals surface area (Å²) in [5, 5.41) is 9.43. The molecule has 2 aromatic carbocycles. The van der Waals surface area contributed by atoms with E-state index in [2.05, 4.69) is 31.9 Å². The maximum atomic E-state index is 14.0. The molecule has 1 N–H and O–H groups in total. The number of benzene rings is 2. The van der Waals surface area contributed by atoms with Crippen molar-refractivity contribution in [3.63, 3.8) is 0 Å². The van der Waals surface area contributed by atoms with Crippen molar-refractivity contribution in [2.24, 2.45) is 0 Å². The zero-order chi connectivity index (χ0) is 15.6. The van der Waals surface area contributed by atoms with Crippen molar-refractivity contribution in [2.45, 2.75) is 13.0 Å². The average Bonchev–Trinajstić information content (AvgIpc) is 2.44. The monoisotopic (exact) mass is 418 g/mol. The molecule has 112 valence electrons. The molecule has 0 radical (unpaired) electrons. The van der Waals surface area contributed by atoms with Gasteiger partial charge in [0.1, 0.15) is 11.5 Å². The summed E-state index contributed by atoms with van der Waals surface area (Å²) in [5.74, 6) is 0.634. The van der Waals surface area contributed by atoms with Crippen molar-refractivity contribution in [1.82, 2.24) is 0 Å². The Kier molecular flexibility index (Phi) is 5.24. The number of aliphatic hydroxyl groups is 1. The van der Waals surface area contributed by atoms with E-state index in [4.69, 9.17) is 9.47 Å². The highest BCUT2D eigenvalue weighted by atomic mass is 79.9. The van der Waals surface area contributed by atoms with Gasteiger partial charge in [0.15, 0.2) is 11.6 Å². The van der Waals surface area contributed by atoms with Crippen molar-refractivity contribution < 1.29 is 19.0 Å². The van der Waals surface area contributed by atoms with Crippen LogP contribution in [-0.2, 0) is 0 Å². The first-order valence-electron chi connectivity index (χ1n) is 6.10. The molecule has 0 aromatic heterocycles. The summed E-state index contributed by atoms with van der Waals surface area (Å²) < 4.78 is 26.1. The van der Waals surface area contributed by atoms with Crippen molar-refractivity contribution in [2.75, 3.05) is 7.11 Å². The van der Waals surface area contributed by atoms with Crippen LogP contribution in [0.2, 0.25) is 0 Å². The quantitative estimate of drug-likeness (QED) is 0.739. The van der Waals surface area contributed by atoms with Gasteiger partial charge in [-0.3, -0.25) is 0 Å². The Labute approximate surface area is 139 Å². The molecular formula is C15H13Br2FO3. The van der Waals surface area contributed by atoms with Crippen LogP contribution in [0.1, 0.15) is 18.6 Å². The average molecular weight is 420 g/mol. The van der Waals surface area contributed by atoms with Gasteiger partial charge in [-0.05, 0) is 68.6 Å².